The highest BCUT2D eigenvalue weighted by atomic mass is 16.2. The van der Waals surface area contributed by atoms with E-state index in [9.17, 15) is 14.4 Å². The third kappa shape index (κ3) is 3.25. The van der Waals surface area contributed by atoms with E-state index in [0.29, 0.717) is 30.6 Å². The Morgan fingerprint density at radius 3 is 1.96 bits per heavy atom. The molecule has 27 heavy (non-hydrogen) atoms. The Morgan fingerprint density at radius 1 is 0.815 bits per heavy atom. The lowest BCUT2D eigenvalue weighted by Crippen LogP contribution is -2.53. The van der Waals surface area contributed by atoms with Crippen molar-refractivity contribution in [2.75, 3.05) is 13.1 Å². The predicted molar refractivity (Wildman–Crippen MR) is 101 cm³/mol. The summed E-state index contributed by atoms with van der Waals surface area (Å²) in [6, 6.07) is 15.5. The van der Waals surface area contributed by atoms with Gasteiger partial charge >= 0.3 is 0 Å². The van der Waals surface area contributed by atoms with Gasteiger partial charge in [-0.2, -0.15) is 0 Å². The van der Waals surface area contributed by atoms with Gasteiger partial charge in [-0.25, -0.2) is 0 Å². The minimum atomic E-state index is -0.807. The first-order chi connectivity index (χ1) is 13.2. The maximum absolute atomic E-state index is 13.3. The van der Waals surface area contributed by atoms with Crippen LogP contribution in [0.5, 0.6) is 0 Å². The number of carbonyl (C=O) groups is 3. The van der Waals surface area contributed by atoms with Crippen LogP contribution in [0.15, 0.2) is 54.6 Å². The molecule has 4 rings (SSSR count). The molecular weight excluding hydrogens is 340 g/mol. The van der Waals surface area contributed by atoms with Gasteiger partial charge in [-0.3, -0.25) is 19.3 Å². The molecule has 1 unspecified atom stereocenters. The van der Waals surface area contributed by atoms with Crippen molar-refractivity contribution < 1.29 is 14.4 Å². The number of benzene rings is 2. The summed E-state index contributed by atoms with van der Waals surface area (Å²) in [6.45, 7) is 1.38. The number of hydrogen-bond acceptors (Lipinski definition) is 3. The summed E-state index contributed by atoms with van der Waals surface area (Å²) in [6.07, 6.45) is 3.37. The van der Waals surface area contributed by atoms with E-state index in [-0.39, 0.29) is 17.7 Å². The van der Waals surface area contributed by atoms with Crippen molar-refractivity contribution in [2.24, 2.45) is 0 Å². The van der Waals surface area contributed by atoms with Crippen molar-refractivity contribution >= 4 is 17.7 Å². The summed E-state index contributed by atoms with van der Waals surface area (Å²) in [5, 5.41) is 0. The first kappa shape index (κ1) is 17.5. The molecule has 2 heterocycles. The van der Waals surface area contributed by atoms with Crippen LogP contribution in [-0.2, 0) is 11.2 Å². The van der Waals surface area contributed by atoms with Gasteiger partial charge in [-0.15, -0.1) is 0 Å². The van der Waals surface area contributed by atoms with Gasteiger partial charge < -0.3 is 4.90 Å². The largest absolute Gasteiger partial charge is 0.341 e. The van der Waals surface area contributed by atoms with E-state index in [2.05, 4.69) is 0 Å². The summed E-state index contributed by atoms with van der Waals surface area (Å²) in [4.78, 5) is 42.2. The average Bonchev–Trinajstić information content (AvgIpc) is 2.98. The number of imide groups is 1. The second-order valence-electron chi connectivity index (χ2n) is 7.12. The monoisotopic (exact) mass is 362 g/mol. The van der Waals surface area contributed by atoms with Crippen molar-refractivity contribution in [3.63, 3.8) is 0 Å². The van der Waals surface area contributed by atoms with E-state index in [1.807, 2.05) is 30.3 Å². The van der Waals surface area contributed by atoms with Crippen LogP contribution in [0.1, 0.15) is 45.5 Å². The molecule has 2 aliphatic rings. The topological polar surface area (TPSA) is 57.7 Å². The van der Waals surface area contributed by atoms with E-state index in [1.54, 1.807) is 29.2 Å². The van der Waals surface area contributed by atoms with Crippen LogP contribution in [-0.4, -0.2) is 46.7 Å². The number of nitrogens with zero attached hydrogens (tertiary/aromatic N) is 2. The van der Waals surface area contributed by atoms with E-state index < -0.39 is 6.04 Å². The molecule has 2 aromatic carbocycles. The van der Waals surface area contributed by atoms with Crippen LogP contribution in [0.25, 0.3) is 0 Å². The number of fused-ring (bicyclic) bond motifs is 1. The van der Waals surface area contributed by atoms with Crippen LogP contribution < -0.4 is 0 Å². The number of rotatable bonds is 4. The SMILES string of the molecule is O=C(C(Cc1ccccc1)N1C(=O)c2ccccc2C1=O)N1CCCCC1. The lowest BCUT2D eigenvalue weighted by molar-refractivity contribution is -0.136. The molecular formula is C22H22N2O3. The molecule has 0 N–H and O–H groups in total. The zero-order valence-corrected chi connectivity index (χ0v) is 15.1. The van der Waals surface area contributed by atoms with Gasteiger partial charge in [0.25, 0.3) is 11.8 Å². The van der Waals surface area contributed by atoms with Crippen molar-refractivity contribution in [1.29, 1.82) is 0 Å². The molecule has 0 spiro atoms. The van der Waals surface area contributed by atoms with Crippen LogP contribution in [0.2, 0.25) is 0 Å². The fourth-order valence-electron chi connectivity index (χ4n) is 3.94. The van der Waals surface area contributed by atoms with Crippen molar-refractivity contribution in [3.8, 4) is 0 Å². The first-order valence-corrected chi connectivity index (χ1v) is 9.46. The van der Waals surface area contributed by atoms with Crippen molar-refractivity contribution in [1.82, 2.24) is 9.80 Å². The van der Waals surface area contributed by atoms with Crippen LogP contribution in [0.3, 0.4) is 0 Å². The fraction of sp³-hybridized carbons (Fsp3) is 0.318. The fourth-order valence-corrected chi connectivity index (χ4v) is 3.94. The standard InChI is InChI=1S/C22H22N2O3/c25-20-17-11-5-6-12-18(17)21(26)24(20)19(15-16-9-3-1-4-10-16)22(27)23-13-7-2-8-14-23/h1,3-6,9-12,19H,2,7-8,13-15H2. The first-order valence-electron chi connectivity index (χ1n) is 9.46. The van der Waals surface area contributed by atoms with Gasteiger partial charge in [0.15, 0.2) is 0 Å². The second kappa shape index (κ2) is 7.35. The molecule has 0 radical (unpaired) electrons. The molecule has 2 aliphatic heterocycles. The number of piperidine rings is 1. The number of carbonyl (C=O) groups excluding carboxylic acids is 3. The minimum Gasteiger partial charge on any atom is -0.341 e. The zero-order valence-electron chi connectivity index (χ0n) is 15.1. The third-order valence-electron chi connectivity index (χ3n) is 5.36. The van der Waals surface area contributed by atoms with Gasteiger partial charge in [0.1, 0.15) is 6.04 Å². The van der Waals surface area contributed by atoms with Gasteiger partial charge in [-0.1, -0.05) is 42.5 Å². The molecule has 1 atom stereocenters. The quantitative estimate of drug-likeness (QED) is 0.786. The maximum atomic E-state index is 13.3. The molecule has 138 valence electrons. The Bertz CT molecular complexity index is 837. The Labute approximate surface area is 158 Å². The van der Waals surface area contributed by atoms with Crippen LogP contribution in [0, 0.1) is 0 Å². The minimum absolute atomic E-state index is 0.131. The van der Waals surface area contributed by atoms with Gasteiger partial charge in [-0.05, 0) is 37.0 Å². The van der Waals surface area contributed by atoms with Gasteiger partial charge in [0.2, 0.25) is 5.91 Å². The molecule has 5 nitrogen and oxygen atoms in total. The average molecular weight is 362 g/mol. The summed E-state index contributed by atoms with van der Waals surface area (Å²) < 4.78 is 0. The molecule has 0 saturated carbocycles. The summed E-state index contributed by atoms with van der Waals surface area (Å²) in [5.74, 6) is -0.878. The molecule has 1 fully saturated rings. The van der Waals surface area contributed by atoms with E-state index in [1.165, 1.54) is 4.90 Å². The lowest BCUT2D eigenvalue weighted by atomic mass is 10.0. The highest BCUT2D eigenvalue weighted by Crippen LogP contribution is 2.27. The molecule has 2 aromatic rings. The van der Waals surface area contributed by atoms with Crippen LogP contribution in [0.4, 0.5) is 0 Å². The van der Waals surface area contributed by atoms with Gasteiger partial charge in [0, 0.05) is 19.5 Å². The maximum Gasteiger partial charge on any atom is 0.262 e. The molecule has 0 aliphatic carbocycles. The highest BCUT2D eigenvalue weighted by Gasteiger charge is 2.43. The van der Waals surface area contributed by atoms with E-state index in [4.69, 9.17) is 0 Å². The van der Waals surface area contributed by atoms with Crippen molar-refractivity contribution in [2.45, 2.75) is 31.7 Å². The van der Waals surface area contributed by atoms with Gasteiger partial charge in [0.05, 0.1) is 11.1 Å². The predicted octanol–water partition coefficient (Wildman–Crippen LogP) is 2.91. The Hall–Kier alpha value is -2.95. The lowest BCUT2D eigenvalue weighted by Gasteiger charge is -2.33. The van der Waals surface area contributed by atoms with Crippen LogP contribution >= 0.6 is 0 Å². The Morgan fingerprint density at radius 2 is 1.37 bits per heavy atom. The normalized spacial score (nSPS) is 17.8. The molecule has 1 saturated heterocycles. The number of likely N-dealkylation sites (tertiary alicyclic amines) is 1. The van der Waals surface area contributed by atoms with E-state index >= 15 is 0 Å². The molecule has 5 heteroatoms. The summed E-state index contributed by atoms with van der Waals surface area (Å²) >= 11 is 0. The summed E-state index contributed by atoms with van der Waals surface area (Å²) in [5.41, 5.74) is 1.70. The molecule has 0 bridgehead atoms. The zero-order chi connectivity index (χ0) is 18.8. The second-order valence-corrected chi connectivity index (χ2v) is 7.12. The number of amides is 3. The third-order valence-corrected chi connectivity index (χ3v) is 5.36. The van der Waals surface area contributed by atoms with E-state index in [0.717, 1.165) is 24.8 Å². The summed E-state index contributed by atoms with van der Waals surface area (Å²) in [7, 11) is 0. The molecule has 3 amide bonds. The Balaban J connectivity index is 1.68. The highest BCUT2D eigenvalue weighted by molar-refractivity contribution is 6.22. The smallest absolute Gasteiger partial charge is 0.262 e. The number of hydrogen-bond donors (Lipinski definition) is 0. The van der Waals surface area contributed by atoms with Crippen molar-refractivity contribution in [3.05, 3.63) is 71.3 Å². The molecule has 0 aromatic heterocycles. The Kier molecular flexibility index (Phi) is 4.75.